The normalized spacial score (nSPS) is 18.4. The minimum atomic E-state index is 0.511. The highest BCUT2D eigenvalue weighted by atomic mass is 35.5. The van der Waals surface area contributed by atoms with Gasteiger partial charge in [-0.3, -0.25) is 4.98 Å². The first kappa shape index (κ1) is 14.4. The molecular weight excluding hydrogens is 286 g/mol. The number of aromatic nitrogens is 1. The molecule has 1 aliphatic rings. The van der Waals surface area contributed by atoms with Crippen LogP contribution < -0.4 is 4.74 Å². The van der Waals surface area contributed by atoms with Gasteiger partial charge in [-0.2, -0.15) is 0 Å². The molecule has 2 heterocycles. The van der Waals surface area contributed by atoms with E-state index < -0.39 is 0 Å². The molecule has 1 aliphatic heterocycles. The van der Waals surface area contributed by atoms with Gasteiger partial charge >= 0.3 is 0 Å². The zero-order valence-corrected chi connectivity index (χ0v) is 12.6. The van der Waals surface area contributed by atoms with Crippen LogP contribution in [0.2, 0.25) is 5.02 Å². The third-order valence-electron chi connectivity index (χ3n) is 3.62. The SMILES string of the molecule is Clc1ccc(-c2ccc(OCC3CCCOC3)cc2)nc1. The number of benzene rings is 1. The third kappa shape index (κ3) is 3.96. The third-order valence-corrected chi connectivity index (χ3v) is 3.84. The molecule has 3 nitrogen and oxygen atoms in total. The topological polar surface area (TPSA) is 31.4 Å². The number of nitrogens with zero attached hydrogens (tertiary/aromatic N) is 1. The number of halogens is 1. The predicted octanol–water partition coefficient (Wildman–Crippen LogP) is 4.21. The number of hydrogen-bond donors (Lipinski definition) is 0. The van der Waals surface area contributed by atoms with E-state index in [1.165, 1.54) is 6.42 Å². The fourth-order valence-electron chi connectivity index (χ4n) is 2.42. The van der Waals surface area contributed by atoms with E-state index in [2.05, 4.69) is 4.98 Å². The van der Waals surface area contributed by atoms with Gasteiger partial charge in [-0.1, -0.05) is 11.6 Å². The van der Waals surface area contributed by atoms with Crippen LogP contribution in [0.4, 0.5) is 0 Å². The molecular formula is C17H18ClNO2. The first-order valence-electron chi connectivity index (χ1n) is 7.24. The van der Waals surface area contributed by atoms with Crippen molar-refractivity contribution in [3.63, 3.8) is 0 Å². The molecule has 21 heavy (non-hydrogen) atoms. The van der Waals surface area contributed by atoms with Crippen molar-refractivity contribution in [1.82, 2.24) is 4.98 Å². The van der Waals surface area contributed by atoms with Crippen LogP contribution >= 0.6 is 11.6 Å². The number of pyridine rings is 1. The highest BCUT2D eigenvalue weighted by Gasteiger charge is 2.14. The molecule has 0 bridgehead atoms. The molecule has 110 valence electrons. The van der Waals surface area contributed by atoms with Gasteiger partial charge in [0.05, 0.1) is 23.9 Å². The average molecular weight is 304 g/mol. The summed E-state index contributed by atoms with van der Waals surface area (Å²) in [5, 5.41) is 0.647. The van der Waals surface area contributed by atoms with Crippen LogP contribution in [0.15, 0.2) is 42.6 Å². The molecule has 2 aromatic rings. The molecule has 0 spiro atoms. The molecule has 4 heteroatoms. The Bertz CT molecular complexity index is 562. The molecule has 0 N–H and O–H groups in total. The van der Waals surface area contributed by atoms with Crippen molar-refractivity contribution in [2.75, 3.05) is 19.8 Å². The van der Waals surface area contributed by atoms with Crippen molar-refractivity contribution >= 4 is 11.6 Å². The van der Waals surface area contributed by atoms with Gasteiger partial charge in [0.25, 0.3) is 0 Å². The second-order valence-electron chi connectivity index (χ2n) is 5.28. The first-order chi connectivity index (χ1) is 10.3. The monoisotopic (exact) mass is 303 g/mol. The van der Waals surface area contributed by atoms with Gasteiger partial charge in [-0.05, 0) is 49.2 Å². The molecule has 0 amide bonds. The molecule has 1 aromatic carbocycles. The van der Waals surface area contributed by atoms with Crippen molar-refractivity contribution in [3.05, 3.63) is 47.6 Å². The minimum Gasteiger partial charge on any atom is -0.493 e. The quantitative estimate of drug-likeness (QED) is 0.848. The van der Waals surface area contributed by atoms with Gasteiger partial charge in [-0.25, -0.2) is 0 Å². The maximum Gasteiger partial charge on any atom is 0.119 e. The molecule has 1 atom stereocenters. The fourth-order valence-corrected chi connectivity index (χ4v) is 2.53. The molecule has 1 fully saturated rings. The van der Waals surface area contributed by atoms with E-state index in [0.29, 0.717) is 10.9 Å². The number of hydrogen-bond acceptors (Lipinski definition) is 3. The lowest BCUT2D eigenvalue weighted by molar-refractivity contribution is 0.0352. The lowest BCUT2D eigenvalue weighted by atomic mass is 10.0. The maximum absolute atomic E-state index is 5.85. The Balaban J connectivity index is 1.59. The summed E-state index contributed by atoms with van der Waals surface area (Å²) in [4.78, 5) is 4.31. The van der Waals surface area contributed by atoms with Crippen molar-refractivity contribution in [2.24, 2.45) is 5.92 Å². The number of rotatable bonds is 4. The molecule has 1 saturated heterocycles. The predicted molar refractivity (Wildman–Crippen MR) is 83.7 cm³/mol. The van der Waals surface area contributed by atoms with Crippen LogP contribution in [0, 0.1) is 5.92 Å². The van der Waals surface area contributed by atoms with Gasteiger partial charge in [-0.15, -0.1) is 0 Å². The summed E-state index contributed by atoms with van der Waals surface area (Å²) in [6.07, 6.45) is 3.98. The summed E-state index contributed by atoms with van der Waals surface area (Å²) in [6.45, 7) is 2.42. The van der Waals surface area contributed by atoms with Crippen LogP contribution in [-0.2, 0) is 4.74 Å². The highest BCUT2D eigenvalue weighted by molar-refractivity contribution is 6.30. The largest absolute Gasteiger partial charge is 0.493 e. The zero-order valence-electron chi connectivity index (χ0n) is 11.8. The average Bonchev–Trinajstić information content (AvgIpc) is 2.55. The van der Waals surface area contributed by atoms with E-state index in [1.54, 1.807) is 6.20 Å². The van der Waals surface area contributed by atoms with Gasteiger partial charge in [0.15, 0.2) is 0 Å². The molecule has 1 aromatic heterocycles. The molecule has 0 aliphatic carbocycles. The van der Waals surface area contributed by atoms with Crippen molar-refractivity contribution < 1.29 is 9.47 Å². The van der Waals surface area contributed by atoms with Crippen LogP contribution in [0.3, 0.4) is 0 Å². The van der Waals surface area contributed by atoms with Gasteiger partial charge in [0.1, 0.15) is 5.75 Å². The molecule has 0 saturated carbocycles. The summed E-state index contributed by atoms with van der Waals surface area (Å²) in [7, 11) is 0. The van der Waals surface area contributed by atoms with Crippen LogP contribution in [0.25, 0.3) is 11.3 Å². The van der Waals surface area contributed by atoms with E-state index in [1.807, 2.05) is 36.4 Å². The van der Waals surface area contributed by atoms with E-state index in [0.717, 1.165) is 43.2 Å². The van der Waals surface area contributed by atoms with E-state index in [9.17, 15) is 0 Å². The zero-order chi connectivity index (χ0) is 14.5. The summed E-state index contributed by atoms with van der Waals surface area (Å²) >= 11 is 5.85. The summed E-state index contributed by atoms with van der Waals surface area (Å²) < 4.78 is 11.3. The summed E-state index contributed by atoms with van der Waals surface area (Å²) in [5.41, 5.74) is 1.96. The number of ether oxygens (including phenoxy) is 2. The summed E-state index contributed by atoms with van der Waals surface area (Å²) in [6, 6.07) is 11.8. The van der Waals surface area contributed by atoms with E-state index in [4.69, 9.17) is 21.1 Å². The Morgan fingerprint density at radius 2 is 2.05 bits per heavy atom. The van der Waals surface area contributed by atoms with E-state index in [-0.39, 0.29) is 0 Å². The van der Waals surface area contributed by atoms with E-state index >= 15 is 0 Å². The Morgan fingerprint density at radius 1 is 1.19 bits per heavy atom. The highest BCUT2D eigenvalue weighted by Crippen LogP contribution is 2.23. The van der Waals surface area contributed by atoms with Gasteiger partial charge in [0, 0.05) is 24.3 Å². The fraction of sp³-hybridized carbons (Fsp3) is 0.353. The second kappa shape index (κ2) is 6.92. The Labute approximate surface area is 129 Å². The maximum atomic E-state index is 5.85. The second-order valence-corrected chi connectivity index (χ2v) is 5.72. The van der Waals surface area contributed by atoms with Crippen molar-refractivity contribution in [1.29, 1.82) is 0 Å². The smallest absolute Gasteiger partial charge is 0.119 e. The standard InChI is InChI=1S/C17H18ClNO2/c18-15-5-8-17(19-10-15)14-3-6-16(7-4-14)21-12-13-2-1-9-20-11-13/h3-8,10,13H,1-2,9,11-12H2. The Morgan fingerprint density at radius 3 is 2.71 bits per heavy atom. The van der Waals surface area contributed by atoms with Crippen LogP contribution in [0.5, 0.6) is 5.75 Å². The van der Waals surface area contributed by atoms with Crippen molar-refractivity contribution in [3.8, 4) is 17.0 Å². The Hall–Kier alpha value is -1.58. The van der Waals surface area contributed by atoms with Crippen LogP contribution in [-0.4, -0.2) is 24.8 Å². The Kier molecular flexibility index (Phi) is 4.73. The first-order valence-corrected chi connectivity index (χ1v) is 7.61. The lowest BCUT2D eigenvalue weighted by Gasteiger charge is -2.22. The van der Waals surface area contributed by atoms with Gasteiger partial charge in [0.2, 0.25) is 0 Å². The van der Waals surface area contributed by atoms with Crippen LogP contribution in [0.1, 0.15) is 12.8 Å². The molecule has 3 rings (SSSR count). The van der Waals surface area contributed by atoms with Crippen molar-refractivity contribution in [2.45, 2.75) is 12.8 Å². The summed E-state index contributed by atoms with van der Waals surface area (Å²) in [5.74, 6) is 1.40. The molecule has 0 radical (unpaired) electrons. The molecule has 1 unspecified atom stereocenters. The lowest BCUT2D eigenvalue weighted by Crippen LogP contribution is -2.23. The van der Waals surface area contributed by atoms with Gasteiger partial charge < -0.3 is 9.47 Å². The minimum absolute atomic E-state index is 0.511.